The normalized spacial score (nSPS) is 15.1. The fourth-order valence-electron chi connectivity index (χ4n) is 2.37. The van der Waals surface area contributed by atoms with Gasteiger partial charge < -0.3 is 20.9 Å². The van der Waals surface area contributed by atoms with E-state index in [9.17, 15) is 9.59 Å². The highest BCUT2D eigenvalue weighted by atomic mass is 16.2. The maximum atomic E-state index is 11.7. The van der Waals surface area contributed by atoms with Gasteiger partial charge in [-0.25, -0.2) is 0 Å². The topological polar surface area (TPSA) is 78.7 Å². The van der Waals surface area contributed by atoms with E-state index in [1.807, 2.05) is 4.90 Å². The molecule has 1 aliphatic rings. The summed E-state index contributed by atoms with van der Waals surface area (Å²) in [5.74, 6) is -0.0367. The quantitative estimate of drug-likeness (QED) is 0.761. The van der Waals surface area contributed by atoms with Crippen LogP contribution in [0.5, 0.6) is 0 Å². The van der Waals surface area contributed by atoms with E-state index in [4.69, 9.17) is 5.73 Å². The Morgan fingerprint density at radius 1 is 1.20 bits per heavy atom. The van der Waals surface area contributed by atoms with Crippen molar-refractivity contribution in [1.82, 2.24) is 10.2 Å². The molecule has 108 valence electrons. The fraction of sp³-hybridized carbons (Fsp3) is 0.429. The van der Waals surface area contributed by atoms with Crippen molar-refractivity contribution in [3.8, 4) is 0 Å². The number of anilines is 2. The number of carbonyl (C=O) groups excluding carboxylic acids is 2. The molecule has 1 fully saturated rings. The lowest BCUT2D eigenvalue weighted by Gasteiger charge is -2.36. The molecular formula is C14H20N4O2. The van der Waals surface area contributed by atoms with Gasteiger partial charge in [0.15, 0.2) is 0 Å². The summed E-state index contributed by atoms with van der Waals surface area (Å²) < 4.78 is 0. The summed E-state index contributed by atoms with van der Waals surface area (Å²) in [5.41, 5.74) is 8.09. The van der Waals surface area contributed by atoms with E-state index in [1.165, 1.54) is 0 Å². The summed E-state index contributed by atoms with van der Waals surface area (Å²) in [4.78, 5) is 26.9. The van der Waals surface area contributed by atoms with Crippen LogP contribution in [0, 0.1) is 0 Å². The summed E-state index contributed by atoms with van der Waals surface area (Å²) in [7, 11) is 1.60. The Morgan fingerprint density at radius 3 is 2.40 bits per heavy atom. The van der Waals surface area contributed by atoms with Crippen molar-refractivity contribution in [2.45, 2.75) is 6.92 Å². The molecule has 1 heterocycles. The first-order valence-corrected chi connectivity index (χ1v) is 6.65. The number of hydrogen-bond acceptors (Lipinski definition) is 4. The highest BCUT2D eigenvalue weighted by Crippen LogP contribution is 2.25. The second-order valence-electron chi connectivity index (χ2n) is 4.85. The van der Waals surface area contributed by atoms with Crippen LogP contribution in [0.3, 0.4) is 0 Å². The van der Waals surface area contributed by atoms with E-state index in [0.717, 1.165) is 18.8 Å². The molecule has 6 nitrogen and oxygen atoms in total. The molecule has 0 aromatic heterocycles. The molecular weight excluding hydrogens is 256 g/mol. The average Bonchev–Trinajstić information content (AvgIpc) is 2.47. The van der Waals surface area contributed by atoms with Crippen molar-refractivity contribution in [2.75, 3.05) is 43.9 Å². The van der Waals surface area contributed by atoms with Gasteiger partial charge in [-0.15, -0.1) is 0 Å². The van der Waals surface area contributed by atoms with Gasteiger partial charge in [0, 0.05) is 45.7 Å². The summed E-state index contributed by atoms with van der Waals surface area (Å²) in [6, 6.07) is 5.26. The monoisotopic (exact) mass is 276 g/mol. The van der Waals surface area contributed by atoms with Crippen LogP contribution >= 0.6 is 0 Å². The number of piperazine rings is 1. The van der Waals surface area contributed by atoms with E-state index in [2.05, 4.69) is 10.2 Å². The first-order valence-electron chi connectivity index (χ1n) is 6.65. The van der Waals surface area contributed by atoms with Crippen LogP contribution in [0.15, 0.2) is 18.2 Å². The van der Waals surface area contributed by atoms with Gasteiger partial charge in [0.2, 0.25) is 5.91 Å². The predicted molar refractivity (Wildman–Crippen MR) is 78.7 cm³/mol. The van der Waals surface area contributed by atoms with Crippen LogP contribution < -0.4 is 16.0 Å². The third kappa shape index (κ3) is 2.84. The fourth-order valence-corrected chi connectivity index (χ4v) is 2.37. The predicted octanol–water partition coefficient (Wildman–Crippen LogP) is 0.297. The van der Waals surface area contributed by atoms with Gasteiger partial charge in [-0.05, 0) is 18.2 Å². The Labute approximate surface area is 118 Å². The molecule has 0 radical (unpaired) electrons. The van der Waals surface area contributed by atoms with E-state index in [-0.39, 0.29) is 11.8 Å². The standard InChI is InChI=1S/C14H20N4O2/c1-10(19)17-5-7-18(8-6-17)13-9-11(14(20)16-2)3-4-12(13)15/h3-4,9H,5-8,15H2,1-2H3,(H,16,20). The highest BCUT2D eigenvalue weighted by molar-refractivity contribution is 5.96. The van der Waals surface area contributed by atoms with E-state index in [1.54, 1.807) is 32.2 Å². The molecule has 1 aromatic carbocycles. The minimum absolute atomic E-state index is 0.0942. The van der Waals surface area contributed by atoms with Gasteiger partial charge in [0.05, 0.1) is 11.4 Å². The Kier molecular flexibility index (Phi) is 4.12. The molecule has 1 saturated heterocycles. The molecule has 0 aliphatic carbocycles. The Bertz CT molecular complexity index is 522. The van der Waals surface area contributed by atoms with Gasteiger partial charge in [0.25, 0.3) is 5.91 Å². The molecule has 1 aliphatic heterocycles. The smallest absolute Gasteiger partial charge is 0.251 e. The number of nitrogens with two attached hydrogens (primary N) is 1. The number of hydrogen-bond donors (Lipinski definition) is 2. The van der Waals surface area contributed by atoms with E-state index in [0.29, 0.717) is 24.3 Å². The van der Waals surface area contributed by atoms with Gasteiger partial charge in [0.1, 0.15) is 0 Å². The van der Waals surface area contributed by atoms with E-state index >= 15 is 0 Å². The lowest BCUT2D eigenvalue weighted by Crippen LogP contribution is -2.48. The molecule has 0 atom stereocenters. The zero-order chi connectivity index (χ0) is 14.7. The van der Waals surface area contributed by atoms with Gasteiger partial charge in [-0.2, -0.15) is 0 Å². The number of rotatable bonds is 2. The molecule has 2 amide bonds. The Morgan fingerprint density at radius 2 is 1.85 bits per heavy atom. The molecule has 0 spiro atoms. The zero-order valence-electron chi connectivity index (χ0n) is 11.8. The third-order valence-corrected chi connectivity index (χ3v) is 3.59. The zero-order valence-corrected chi connectivity index (χ0v) is 11.8. The van der Waals surface area contributed by atoms with Crippen LogP contribution in [0.2, 0.25) is 0 Å². The molecule has 0 unspecified atom stereocenters. The van der Waals surface area contributed by atoms with Crippen LogP contribution in [-0.4, -0.2) is 49.9 Å². The summed E-state index contributed by atoms with van der Waals surface area (Å²) >= 11 is 0. The SMILES string of the molecule is CNC(=O)c1ccc(N)c(N2CCN(C(C)=O)CC2)c1. The minimum atomic E-state index is -0.131. The van der Waals surface area contributed by atoms with Crippen molar-refractivity contribution in [2.24, 2.45) is 0 Å². The molecule has 2 rings (SSSR count). The highest BCUT2D eigenvalue weighted by Gasteiger charge is 2.20. The lowest BCUT2D eigenvalue weighted by molar-refractivity contribution is -0.129. The number of amides is 2. The summed E-state index contributed by atoms with van der Waals surface area (Å²) in [5, 5.41) is 2.60. The summed E-state index contributed by atoms with van der Waals surface area (Å²) in [6.07, 6.45) is 0. The molecule has 20 heavy (non-hydrogen) atoms. The van der Waals surface area contributed by atoms with Gasteiger partial charge >= 0.3 is 0 Å². The molecule has 0 bridgehead atoms. The van der Waals surface area contributed by atoms with Crippen molar-refractivity contribution in [3.63, 3.8) is 0 Å². The van der Waals surface area contributed by atoms with Gasteiger partial charge in [-0.3, -0.25) is 9.59 Å². The Balaban J connectivity index is 2.17. The maximum Gasteiger partial charge on any atom is 0.251 e. The number of nitrogen functional groups attached to an aromatic ring is 1. The van der Waals surface area contributed by atoms with Crippen LogP contribution in [-0.2, 0) is 4.79 Å². The number of benzene rings is 1. The van der Waals surface area contributed by atoms with Gasteiger partial charge in [-0.1, -0.05) is 0 Å². The molecule has 1 aromatic rings. The largest absolute Gasteiger partial charge is 0.397 e. The second kappa shape index (κ2) is 5.81. The van der Waals surface area contributed by atoms with Crippen molar-refractivity contribution in [3.05, 3.63) is 23.8 Å². The maximum absolute atomic E-state index is 11.7. The van der Waals surface area contributed by atoms with E-state index < -0.39 is 0 Å². The van der Waals surface area contributed by atoms with Crippen molar-refractivity contribution >= 4 is 23.2 Å². The number of nitrogens with zero attached hydrogens (tertiary/aromatic N) is 2. The molecule has 3 N–H and O–H groups in total. The average molecular weight is 276 g/mol. The number of nitrogens with one attached hydrogen (secondary N) is 1. The first kappa shape index (κ1) is 14.2. The molecule has 6 heteroatoms. The first-order chi connectivity index (χ1) is 9.52. The minimum Gasteiger partial charge on any atom is -0.397 e. The van der Waals surface area contributed by atoms with Crippen LogP contribution in [0.25, 0.3) is 0 Å². The molecule has 0 saturated carbocycles. The lowest BCUT2D eigenvalue weighted by atomic mass is 10.1. The van der Waals surface area contributed by atoms with Crippen molar-refractivity contribution < 1.29 is 9.59 Å². The number of carbonyl (C=O) groups is 2. The Hall–Kier alpha value is -2.24. The summed E-state index contributed by atoms with van der Waals surface area (Å²) in [6.45, 7) is 4.39. The van der Waals surface area contributed by atoms with Crippen molar-refractivity contribution in [1.29, 1.82) is 0 Å². The van der Waals surface area contributed by atoms with Crippen LogP contribution in [0.4, 0.5) is 11.4 Å². The second-order valence-corrected chi connectivity index (χ2v) is 4.85. The third-order valence-electron chi connectivity index (χ3n) is 3.59. The van der Waals surface area contributed by atoms with Crippen LogP contribution in [0.1, 0.15) is 17.3 Å².